The molecule has 0 saturated carbocycles. The van der Waals surface area contributed by atoms with Gasteiger partial charge in [-0.3, -0.25) is 4.79 Å². The second kappa shape index (κ2) is 8.45. The number of halogens is 3. The Bertz CT molecular complexity index is 651. The zero-order chi connectivity index (χ0) is 18.4. The fourth-order valence-corrected chi connectivity index (χ4v) is 2.97. The molecule has 0 aromatic heterocycles. The van der Waals surface area contributed by atoms with Crippen molar-refractivity contribution in [2.45, 2.75) is 23.7 Å². The van der Waals surface area contributed by atoms with Gasteiger partial charge in [0.2, 0.25) is 15.9 Å². The lowest BCUT2D eigenvalue weighted by Gasteiger charge is -2.17. The molecular weight excluding hydrogens is 347 g/mol. The van der Waals surface area contributed by atoms with Crippen LogP contribution in [0, 0.1) is 5.82 Å². The third-order valence-electron chi connectivity index (χ3n) is 3.24. The molecule has 0 aliphatic heterocycles. The van der Waals surface area contributed by atoms with Crippen molar-refractivity contribution in [3.8, 4) is 0 Å². The number of hydrogen-bond donors (Lipinski definition) is 2. The lowest BCUT2D eigenvalue weighted by atomic mass is 10.2. The van der Waals surface area contributed by atoms with Crippen LogP contribution in [0.15, 0.2) is 29.2 Å². The highest BCUT2D eigenvalue weighted by Gasteiger charge is 2.27. The van der Waals surface area contributed by atoms with Gasteiger partial charge in [-0.2, -0.15) is 0 Å². The fraction of sp³-hybridized carbons (Fsp3) is 0.500. The molecule has 0 bridgehead atoms. The van der Waals surface area contributed by atoms with Crippen molar-refractivity contribution in [2.24, 2.45) is 5.73 Å². The van der Waals surface area contributed by atoms with Gasteiger partial charge < -0.3 is 11.1 Å². The topological polar surface area (TPSA) is 92.5 Å². The lowest BCUT2D eigenvalue weighted by Crippen LogP contribution is -2.41. The predicted molar refractivity (Wildman–Crippen MR) is 82.5 cm³/mol. The van der Waals surface area contributed by atoms with Crippen molar-refractivity contribution in [3.05, 3.63) is 30.1 Å². The average Bonchev–Trinajstić information content (AvgIpc) is 2.53. The Morgan fingerprint density at radius 1 is 1.29 bits per heavy atom. The number of hydrogen-bond acceptors (Lipinski definition) is 4. The predicted octanol–water partition coefficient (Wildman–Crippen LogP) is 0.937. The minimum Gasteiger partial charge on any atom is -0.350 e. The van der Waals surface area contributed by atoms with Crippen molar-refractivity contribution >= 4 is 15.9 Å². The minimum absolute atomic E-state index is 0.0143. The number of rotatable bonds is 9. The summed E-state index contributed by atoms with van der Waals surface area (Å²) in [6, 6.07) is 4.35. The summed E-state index contributed by atoms with van der Waals surface area (Å²) >= 11 is 0. The van der Waals surface area contributed by atoms with Gasteiger partial charge in [-0.05, 0) is 30.7 Å². The van der Waals surface area contributed by atoms with E-state index in [1.165, 1.54) is 7.05 Å². The Morgan fingerprint density at radius 3 is 2.42 bits per heavy atom. The number of nitrogens with two attached hydrogens (primary N) is 1. The highest BCUT2D eigenvalue weighted by molar-refractivity contribution is 7.89. The maximum atomic E-state index is 12.9. The highest BCUT2D eigenvalue weighted by Crippen LogP contribution is 2.15. The van der Waals surface area contributed by atoms with Crippen LogP contribution in [0.2, 0.25) is 0 Å². The third kappa shape index (κ3) is 6.10. The molecule has 0 saturated heterocycles. The van der Waals surface area contributed by atoms with Crippen LogP contribution in [0.3, 0.4) is 0 Å². The van der Waals surface area contributed by atoms with Crippen molar-refractivity contribution in [1.29, 1.82) is 0 Å². The van der Waals surface area contributed by atoms with E-state index in [1.807, 2.05) is 5.32 Å². The minimum atomic E-state index is -3.79. The molecule has 10 heteroatoms. The molecule has 0 atom stereocenters. The van der Waals surface area contributed by atoms with E-state index in [0.29, 0.717) is 0 Å². The molecule has 1 aromatic carbocycles. The van der Waals surface area contributed by atoms with Gasteiger partial charge in [-0.25, -0.2) is 25.9 Å². The number of carbonyl (C=O) groups is 1. The van der Waals surface area contributed by atoms with Gasteiger partial charge in [-0.15, -0.1) is 0 Å². The molecule has 0 fully saturated rings. The zero-order valence-corrected chi connectivity index (χ0v) is 14.0. The van der Waals surface area contributed by atoms with Gasteiger partial charge in [0.05, 0.1) is 18.0 Å². The van der Waals surface area contributed by atoms with Gasteiger partial charge in [0.15, 0.2) is 0 Å². The number of sulfonamides is 1. The standard InChI is InChI=1S/C14H20F3N3O3S/c1-20(24(22,23)12-6-4-11(15)5-7-12)8-2-3-13(21)19-10-14(16,17)9-18/h4-7H,2-3,8-10,18H2,1H3,(H,19,21). The molecule has 0 radical (unpaired) electrons. The van der Waals surface area contributed by atoms with E-state index in [1.54, 1.807) is 0 Å². The Labute approximate surface area is 138 Å². The van der Waals surface area contributed by atoms with Crippen LogP contribution >= 0.6 is 0 Å². The summed E-state index contributed by atoms with van der Waals surface area (Å²) in [7, 11) is -2.48. The molecule has 0 heterocycles. The molecule has 24 heavy (non-hydrogen) atoms. The Morgan fingerprint density at radius 2 is 1.88 bits per heavy atom. The van der Waals surface area contributed by atoms with E-state index in [0.717, 1.165) is 28.6 Å². The highest BCUT2D eigenvalue weighted by atomic mass is 32.2. The summed E-state index contributed by atoms with van der Waals surface area (Å²) in [6.45, 7) is -1.71. The SMILES string of the molecule is CN(CCCC(=O)NCC(F)(F)CN)S(=O)(=O)c1ccc(F)cc1. The number of carbonyl (C=O) groups excluding carboxylic acids is 1. The first-order valence-corrected chi connectivity index (χ1v) is 8.59. The number of amides is 1. The molecule has 1 rings (SSSR count). The molecule has 6 nitrogen and oxygen atoms in total. The summed E-state index contributed by atoms with van der Waals surface area (Å²) in [6.07, 6.45) is 0.0425. The van der Waals surface area contributed by atoms with Crippen LogP contribution in [0.4, 0.5) is 13.2 Å². The van der Waals surface area contributed by atoms with Crippen LogP contribution in [-0.4, -0.2) is 51.2 Å². The van der Waals surface area contributed by atoms with Crippen molar-refractivity contribution in [1.82, 2.24) is 9.62 Å². The van der Waals surface area contributed by atoms with Crippen LogP contribution in [-0.2, 0) is 14.8 Å². The number of benzene rings is 1. The third-order valence-corrected chi connectivity index (χ3v) is 5.11. The van der Waals surface area contributed by atoms with Gasteiger partial charge in [0.25, 0.3) is 5.92 Å². The van der Waals surface area contributed by atoms with Gasteiger partial charge in [0, 0.05) is 20.0 Å². The smallest absolute Gasteiger partial charge is 0.277 e. The van der Waals surface area contributed by atoms with Gasteiger partial charge in [-0.1, -0.05) is 0 Å². The van der Waals surface area contributed by atoms with E-state index in [-0.39, 0.29) is 24.3 Å². The first kappa shape index (κ1) is 20.4. The summed E-state index contributed by atoms with van der Waals surface area (Å²) in [5.74, 6) is -4.34. The summed E-state index contributed by atoms with van der Waals surface area (Å²) in [5.41, 5.74) is 4.85. The number of alkyl halides is 2. The number of nitrogens with one attached hydrogen (secondary N) is 1. The van der Waals surface area contributed by atoms with E-state index in [9.17, 15) is 26.4 Å². The van der Waals surface area contributed by atoms with E-state index in [4.69, 9.17) is 5.73 Å². The summed E-state index contributed by atoms with van der Waals surface area (Å²) in [4.78, 5) is 11.4. The summed E-state index contributed by atoms with van der Waals surface area (Å²) in [5, 5.41) is 2.05. The molecule has 3 N–H and O–H groups in total. The first-order valence-electron chi connectivity index (χ1n) is 7.15. The molecule has 0 aliphatic carbocycles. The molecule has 0 aliphatic rings. The maximum absolute atomic E-state index is 12.9. The monoisotopic (exact) mass is 367 g/mol. The molecule has 1 amide bonds. The molecular formula is C14H20F3N3O3S. The normalized spacial score (nSPS) is 12.4. The van der Waals surface area contributed by atoms with Crippen molar-refractivity contribution in [3.63, 3.8) is 0 Å². The van der Waals surface area contributed by atoms with Crippen LogP contribution in [0.1, 0.15) is 12.8 Å². The van der Waals surface area contributed by atoms with Crippen molar-refractivity contribution < 1.29 is 26.4 Å². The molecule has 1 aromatic rings. The van der Waals surface area contributed by atoms with E-state index in [2.05, 4.69) is 0 Å². The van der Waals surface area contributed by atoms with Crippen LogP contribution in [0.25, 0.3) is 0 Å². The van der Waals surface area contributed by atoms with E-state index < -0.39 is 40.8 Å². The molecule has 0 spiro atoms. The number of nitrogens with zero attached hydrogens (tertiary/aromatic N) is 1. The van der Waals surface area contributed by atoms with Crippen LogP contribution < -0.4 is 11.1 Å². The van der Waals surface area contributed by atoms with E-state index >= 15 is 0 Å². The average molecular weight is 367 g/mol. The fourth-order valence-electron chi connectivity index (χ4n) is 1.76. The Balaban J connectivity index is 2.47. The zero-order valence-electron chi connectivity index (χ0n) is 13.1. The maximum Gasteiger partial charge on any atom is 0.277 e. The van der Waals surface area contributed by atoms with Crippen LogP contribution in [0.5, 0.6) is 0 Å². The quantitative estimate of drug-likeness (QED) is 0.679. The Kier molecular flexibility index (Phi) is 7.18. The second-order valence-corrected chi connectivity index (χ2v) is 7.27. The van der Waals surface area contributed by atoms with Gasteiger partial charge in [0.1, 0.15) is 5.82 Å². The molecule has 136 valence electrons. The van der Waals surface area contributed by atoms with Gasteiger partial charge >= 0.3 is 0 Å². The molecule has 0 unspecified atom stereocenters. The lowest BCUT2D eigenvalue weighted by molar-refractivity contribution is -0.123. The van der Waals surface area contributed by atoms with Crippen molar-refractivity contribution in [2.75, 3.05) is 26.7 Å². The summed E-state index contributed by atoms with van der Waals surface area (Å²) < 4.78 is 64.0. The Hall–Kier alpha value is -1.65. The second-order valence-electron chi connectivity index (χ2n) is 5.22. The largest absolute Gasteiger partial charge is 0.350 e. The first-order chi connectivity index (χ1) is 11.1.